The van der Waals surface area contributed by atoms with Crippen molar-refractivity contribution >= 4 is 25.1 Å². The van der Waals surface area contributed by atoms with Crippen LogP contribution in [0.2, 0.25) is 0 Å². The van der Waals surface area contributed by atoms with Crippen LogP contribution in [0.5, 0.6) is 5.75 Å². The lowest BCUT2D eigenvalue weighted by Gasteiger charge is -2.31. The molecule has 0 aliphatic carbocycles. The van der Waals surface area contributed by atoms with Gasteiger partial charge in [-0.05, 0) is 44.7 Å². The molecule has 16 heteroatoms. The van der Waals surface area contributed by atoms with Gasteiger partial charge in [0.15, 0.2) is 5.82 Å². The molecule has 0 amide bonds. The van der Waals surface area contributed by atoms with Gasteiger partial charge in [0.2, 0.25) is 0 Å². The molecule has 2 aliphatic rings. The summed E-state index contributed by atoms with van der Waals surface area (Å²) in [5.74, 6) is -0.365. The van der Waals surface area contributed by atoms with Crippen LogP contribution >= 0.6 is 7.75 Å². The number of esters is 1. The van der Waals surface area contributed by atoms with Crippen molar-refractivity contribution in [2.45, 2.75) is 49.4 Å². The van der Waals surface area contributed by atoms with Crippen LogP contribution in [0.4, 0.5) is 10.2 Å². The molecule has 228 valence electrons. The number of para-hydroxylation sites is 1. The number of carbonyl (C=O) groups excluding carboxylic acids is 1. The average Bonchev–Trinajstić information content (AvgIpc) is 3.65. The molecule has 0 spiro atoms. The number of nitrogen functional groups attached to an aromatic ring is 1. The molecule has 0 bridgehead atoms. The van der Waals surface area contributed by atoms with Gasteiger partial charge in [0.25, 0.3) is 0 Å². The van der Waals surface area contributed by atoms with Gasteiger partial charge < -0.3 is 34.8 Å². The Balaban J connectivity index is 1.35. The Kier molecular flexibility index (Phi) is 8.81. The van der Waals surface area contributed by atoms with Gasteiger partial charge in [-0.15, -0.1) is 0 Å². The van der Waals surface area contributed by atoms with E-state index in [1.54, 1.807) is 30.3 Å². The molecule has 4 heterocycles. The molecule has 42 heavy (non-hydrogen) atoms. The van der Waals surface area contributed by atoms with E-state index in [1.165, 1.54) is 29.9 Å². The van der Waals surface area contributed by atoms with Crippen LogP contribution in [-0.2, 0) is 23.4 Å². The summed E-state index contributed by atoms with van der Waals surface area (Å²) in [4.78, 5) is 18.7. The van der Waals surface area contributed by atoms with Gasteiger partial charge in [-0.1, -0.05) is 18.2 Å². The second-order valence-electron chi connectivity index (χ2n) is 10.5. The summed E-state index contributed by atoms with van der Waals surface area (Å²) in [7, 11) is -2.52. The van der Waals surface area contributed by atoms with Crippen LogP contribution in [0.1, 0.15) is 25.1 Å². The number of aromatic nitrogens is 3. The van der Waals surface area contributed by atoms with Crippen LogP contribution in [0.25, 0.3) is 5.52 Å². The van der Waals surface area contributed by atoms with Gasteiger partial charge in [0, 0.05) is 13.1 Å². The maximum Gasteiger partial charge on any atom is 0.459 e. The lowest BCUT2D eigenvalue weighted by atomic mass is 9.96. The standard InChI is InChI=1S/C26H34FN6O8P/c1-16(25(36)39-18-10-11-32(2)12-18)31-42(37,41-17-6-4-3-5-7-17)38-14-26(13-27)23(35)21(34)22(40-26)19-8-9-20-24(28)29-15-30-33(19)20/h3-9,15-16,18,21-23,34-35H,10-14H2,1-2H3,(H,31,37)(H2,28,29,30)/t16?,18-,21+,22+,23+,26-,42?/m1/s1. The maximum atomic E-state index is 14.7. The maximum absolute atomic E-state index is 14.7. The summed E-state index contributed by atoms with van der Waals surface area (Å²) in [6.45, 7) is 0.645. The van der Waals surface area contributed by atoms with Crippen molar-refractivity contribution in [3.8, 4) is 5.75 Å². The first kappa shape index (κ1) is 30.3. The minimum atomic E-state index is -4.43. The molecule has 2 saturated heterocycles. The molecule has 2 aliphatic heterocycles. The minimum absolute atomic E-state index is 0.142. The molecule has 1 aromatic carbocycles. The summed E-state index contributed by atoms with van der Waals surface area (Å²) in [6, 6.07) is 10.0. The molecule has 0 saturated carbocycles. The van der Waals surface area contributed by atoms with E-state index in [9.17, 15) is 24.0 Å². The fourth-order valence-electron chi connectivity index (χ4n) is 5.01. The quantitative estimate of drug-likeness (QED) is 0.180. The third-order valence-corrected chi connectivity index (χ3v) is 8.97. The Morgan fingerprint density at radius 1 is 1.31 bits per heavy atom. The number of hydrogen-bond donors (Lipinski definition) is 4. The van der Waals surface area contributed by atoms with Gasteiger partial charge in [-0.25, -0.2) is 18.5 Å². The summed E-state index contributed by atoms with van der Waals surface area (Å²) in [5, 5.41) is 28.5. The number of hydrogen-bond acceptors (Lipinski definition) is 12. The third kappa shape index (κ3) is 6.13. The topological polar surface area (TPSA) is 183 Å². The van der Waals surface area contributed by atoms with Gasteiger partial charge in [0.1, 0.15) is 60.3 Å². The van der Waals surface area contributed by atoms with Crippen molar-refractivity contribution in [1.29, 1.82) is 0 Å². The number of nitrogens with two attached hydrogens (primary N) is 1. The number of fused-ring (bicyclic) bond motifs is 1. The SMILES string of the molecule is CC(NP(=O)(OC[C@@]1(CF)O[C@@H](c2ccc3c(N)ncnn23)[C@H](O)[C@@H]1O)Oc1ccccc1)C(=O)O[C@@H]1CCN(C)C1. The summed E-state index contributed by atoms with van der Waals surface area (Å²) in [6.07, 6.45) is -3.12. The van der Waals surface area contributed by atoms with E-state index in [0.717, 1.165) is 6.54 Å². The Bertz CT molecular complexity index is 1450. The number of nitrogens with zero attached hydrogens (tertiary/aromatic N) is 4. The van der Waals surface area contributed by atoms with E-state index in [1.807, 2.05) is 11.9 Å². The fraction of sp³-hybridized carbons (Fsp3) is 0.500. The number of alkyl halides is 1. The third-order valence-electron chi connectivity index (χ3n) is 7.35. The van der Waals surface area contributed by atoms with Gasteiger partial charge in [-0.3, -0.25) is 9.32 Å². The van der Waals surface area contributed by atoms with Crippen LogP contribution in [0.3, 0.4) is 0 Å². The molecule has 14 nitrogen and oxygen atoms in total. The lowest BCUT2D eigenvalue weighted by molar-refractivity contribution is -0.150. The van der Waals surface area contributed by atoms with Crippen molar-refractivity contribution < 1.29 is 42.5 Å². The molecule has 0 radical (unpaired) electrons. The highest BCUT2D eigenvalue weighted by molar-refractivity contribution is 7.52. The molecule has 7 atom stereocenters. The number of likely N-dealkylation sites (N-methyl/N-ethyl adjacent to an activating group) is 1. The van der Waals surface area contributed by atoms with Gasteiger partial charge in [0.05, 0.1) is 12.3 Å². The first-order valence-electron chi connectivity index (χ1n) is 13.4. The van der Waals surface area contributed by atoms with Crippen molar-refractivity contribution in [2.24, 2.45) is 0 Å². The van der Waals surface area contributed by atoms with Crippen LogP contribution in [-0.4, -0.2) is 99.1 Å². The van der Waals surface area contributed by atoms with Crippen molar-refractivity contribution in [3.05, 3.63) is 54.5 Å². The van der Waals surface area contributed by atoms with Crippen LogP contribution in [0.15, 0.2) is 48.8 Å². The molecular weight excluding hydrogens is 574 g/mol. The zero-order valence-electron chi connectivity index (χ0n) is 23.1. The molecule has 3 aromatic rings. The van der Waals surface area contributed by atoms with Crippen LogP contribution in [0, 0.1) is 0 Å². The number of carbonyl (C=O) groups is 1. The van der Waals surface area contributed by atoms with Crippen molar-refractivity contribution in [3.63, 3.8) is 0 Å². The summed E-state index contributed by atoms with van der Waals surface area (Å²) >= 11 is 0. The van der Waals surface area contributed by atoms with E-state index >= 15 is 0 Å². The zero-order chi connectivity index (χ0) is 30.1. The molecule has 2 unspecified atom stereocenters. The molecule has 2 aromatic heterocycles. The van der Waals surface area contributed by atoms with E-state index in [4.69, 9.17) is 24.3 Å². The molecule has 5 N–H and O–H groups in total. The predicted octanol–water partition coefficient (Wildman–Crippen LogP) is 1.24. The van der Waals surface area contributed by atoms with Gasteiger partial charge >= 0.3 is 13.7 Å². The highest BCUT2D eigenvalue weighted by Gasteiger charge is 2.57. The second-order valence-corrected chi connectivity index (χ2v) is 12.2. The predicted molar refractivity (Wildman–Crippen MR) is 147 cm³/mol. The number of rotatable bonds is 11. The van der Waals surface area contributed by atoms with E-state index < -0.39 is 57.0 Å². The van der Waals surface area contributed by atoms with Gasteiger partial charge in [-0.2, -0.15) is 10.2 Å². The highest BCUT2D eigenvalue weighted by Crippen LogP contribution is 2.48. The number of aliphatic hydroxyl groups excluding tert-OH is 2. The smallest absolute Gasteiger partial charge is 0.459 e. The Morgan fingerprint density at radius 2 is 2.07 bits per heavy atom. The average molecular weight is 609 g/mol. The number of likely N-dealkylation sites (tertiary alicyclic amines) is 1. The second kappa shape index (κ2) is 12.2. The number of ether oxygens (including phenoxy) is 2. The normalized spacial score (nSPS) is 28.5. The Labute approximate surface area is 241 Å². The van der Waals surface area contributed by atoms with Crippen LogP contribution < -0.4 is 15.3 Å². The monoisotopic (exact) mass is 608 g/mol. The summed E-state index contributed by atoms with van der Waals surface area (Å²) < 4.78 is 52.7. The largest absolute Gasteiger partial charge is 0.460 e. The number of nitrogens with one attached hydrogen (secondary N) is 1. The number of aliphatic hydroxyl groups is 2. The number of anilines is 1. The van der Waals surface area contributed by atoms with E-state index in [-0.39, 0.29) is 23.4 Å². The number of halogens is 1. The zero-order valence-corrected chi connectivity index (χ0v) is 24.0. The first-order chi connectivity index (χ1) is 20.0. The fourth-order valence-corrected chi connectivity index (χ4v) is 6.56. The lowest BCUT2D eigenvalue weighted by Crippen LogP contribution is -2.49. The molecule has 2 fully saturated rings. The Morgan fingerprint density at radius 3 is 2.76 bits per heavy atom. The first-order valence-corrected chi connectivity index (χ1v) is 14.9. The Hall–Kier alpha value is -3.17. The van der Waals surface area contributed by atoms with E-state index in [2.05, 4.69) is 15.2 Å². The number of benzene rings is 1. The molecule has 5 rings (SSSR count). The van der Waals surface area contributed by atoms with E-state index in [0.29, 0.717) is 18.5 Å². The summed E-state index contributed by atoms with van der Waals surface area (Å²) in [5.41, 5.74) is 4.43. The van der Waals surface area contributed by atoms with Crippen molar-refractivity contribution in [2.75, 3.05) is 39.2 Å². The van der Waals surface area contributed by atoms with Crippen molar-refractivity contribution in [1.82, 2.24) is 24.6 Å². The minimum Gasteiger partial charge on any atom is -0.460 e. The molecular formula is C26H34FN6O8P. The highest BCUT2D eigenvalue weighted by atomic mass is 31.2.